The number of aliphatic hydroxyl groups is 1. The van der Waals surface area contributed by atoms with Crippen LogP contribution in [0.5, 0.6) is 28.7 Å². The Hall–Kier alpha value is -6.59. The van der Waals surface area contributed by atoms with E-state index in [2.05, 4.69) is 113 Å². The van der Waals surface area contributed by atoms with E-state index in [1.54, 1.807) is 18.2 Å². The van der Waals surface area contributed by atoms with E-state index in [1.165, 1.54) is 73.5 Å². The monoisotopic (exact) mass is 1030 g/mol. The van der Waals surface area contributed by atoms with Crippen LogP contribution in [0.25, 0.3) is 22.9 Å². The highest BCUT2D eigenvalue weighted by atomic mass is 16.3. The number of imidazole rings is 1. The second-order valence-corrected chi connectivity index (χ2v) is 25.2. The summed E-state index contributed by atoms with van der Waals surface area (Å²) in [6, 6.07) is 30.6. The minimum Gasteiger partial charge on any atom is -0.507 e. The molecule has 9 aliphatic rings. The molecular weight excluding hydrogens is 957 g/mol. The van der Waals surface area contributed by atoms with E-state index in [1.807, 2.05) is 18.5 Å². The van der Waals surface area contributed by atoms with Gasteiger partial charge in [-0.2, -0.15) is 0 Å². The molecule has 1 aromatic heterocycles. The quantitative estimate of drug-likeness (QED) is 0.0408. The van der Waals surface area contributed by atoms with Gasteiger partial charge in [-0.3, -0.25) is 0 Å². The van der Waals surface area contributed by atoms with Crippen molar-refractivity contribution in [1.29, 1.82) is 0 Å². The van der Waals surface area contributed by atoms with Gasteiger partial charge >= 0.3 is 0 Å². The number of aliphatic hydroxyl groups excluding tert-OH is 1. The molecule has 3 spiro atoms. The summed E-state index contributed by atoms with van der Waals surface area (Å²) in [5, 5.41) is 77.1. The predicted molar refractivity (Wildman–Crippen MR) is 299 cm³/mol. The van der Waals surface area contributed by atoms with Gasteiger partial charge in [0.05, 0.1) is 17.8 Å². The number of hydrogen-bond donors (Lipinski definition) is 9. The second-order valence-electron chi connectivity index (χ2n) is 25.2. The fourth-order valence-corrected chi connectivity index (χ4v) is 19.9. The number of aromatic amines is 1. The van der Waals surface area contributed by atoms with Crippen LogP contribution in [0.15, 0.2) is 140 Å². The van der Waals surface area contributed by atoms with E-state index in [4.69, 9.17) is 4.98 Å². The van der Waals surface area contributed by atoms with Crippen LogP contribution in [0.2, 0.25) is 0 Å². The molecule has 6 aromatic rings. The van der Waals surface area contributed by atoms with Crippen LogP contribution in [-0.4, -0.2) is 64.8 Å². The number of nitrogens with zero attached hydrogens (tertiary/aromatic N) is 1. The van der Waals surface area contributed by atoms with Crippen molar-refractivity contribution < 1.29 is 30.6 Å². The summed E-state index contributed by atoms with van der Waals surface area (Å²) in [6.07, 6.45) is 34.7. The molecule has 16 unspecified atom stereocenters. The van der Waals surface area contributed by atoms with Gasteiger partial charge < -0.3 is 46.3 Å². The maximum atomic E-state index is 13.2. The summed E-state index contributed by atoms with van der Waals surface area (Å²) in [6.45, 7) is 0. The highest BCUT2D eigenvalue weighted by molar-refractivity contribution is 6.03. The zero-order chi connectivity index (χ0) is 52.0. The molecule has 4 heterocycles. The lowest BCUT2D eigenvalue weighted by Gasteiger charge is -2.77. The number of nitrogens with one attached hydrogen (secondary N) is 3. The number of allylic oxidation sites excluding steroid dienone is 3. The average Bonchev–Trinajstić information content (AvgIpc) is 4.23. The number of aryl methyl sites for hydroxylation is 1. The van der Waals surface area contributed by atoms with Gasteiger partial charge in [-0.25, -0.2) is 4.98 Å². The lowest BCUT2D eigenvalue weighted by Crippen LogP contribution is -2.81. The van der Waals surface area contributed by atoms with Gasteiger partial charge in [-0.1, -0.05) is 128 Å². The lowest BCUT2D eigenvalue weighted by atomic mass is 9.28. The molecule has 16 atom stereocenters. The number of fused-ring (bicyclic) bond motifs is 8. The molecule has 77 heavy (non-hydrogen) atoms. The summed E-state index contributed by atoms with van der Waals surface area (Å²) >= 11 is 0. The first-order valence-corrected chi connectivity index (χ1v) is 28.8. The van der Waals surface area contributed by atoms with Crippen molar-refractivity contribution in [3.63, 3.8) is 0 Å². The lowest BCUT2D eigenvalue weighted by molar-refractivity contribution is -0.242. The number of phenols is 5. The van der Waals surface area contributed by atoms with Crippen molar-refractivity contribution in [3.05, 3.63) is 179 Å². The van der Waals surface area contributed by atoms with Crippen LogP contribution in [0.4, 0.5) is 0 Å². The second kappa shape index (κ2) is 17.5. The molecule has 0 radical (unpaired) electrons. The number of phenolic OH excluding ortho intramolecular Hbond substituents is 5. The highest BCUT2D eigenvalue weighted by Crippen LogP contribution is 2.82. The average molecular weight is 1030 g/mol. The Morgan fingerprint density at radius 1 is 0.675 bits per heavy atom. The van der Waals surface area contributed by atoms with E-state index >= 15 is 0 Å². The van der Waals surface area contributed by atoms with Gasteiger partial charge in [0.25, 0.3) is 0 Å². The number of hydrogen-bond acceptors (Lipinski definition) is 9. The van der Waals surface area contributed by atoms with E-state index in [9.17, 15) is 30.6 Å². The Kier molecular flexibility index (Phi) is 10.8. The van der Waals surface area contributed by atoms with Gasteiger partial charge in [0.15, 0.2) is 23.0 Å². The molecule has 3 aliphatic heterocycles. The van der Waals surface area contributed by atoms with Crippen LogP contribution in [0.1, 0.15) is 115 Å². The normalized spacial score (nSPS) is 37.9. The molecule has 15 rings (SSSR count). The van der Waals surface area contributed by atoms with E-state index in [-0.39, 0.29) is 80.3 Å². The minimum atomic E-state index is -0.568. The molecule has 6 aliphatic carbocycles. The van der Waals surface area contributed by atoms with Crippen molar-refractivity contribution in [2.24, 2.45) is 51.8 Å². The third-order valence-electron chi connectivity index (χ3n) is 22.5. The largest absolute Gasteiger partial charge is 0.507 e. The van der Waals surface area contributed by atoms with E-state index < -0.39 is 11.5 Å². The van der Waals surface area contributed by atoms with Gasteiger partial charge in [0.1, 0.15) is 5.75 Å². The van der Waals surface area contributed by atoms with E-state index in [0.29, 0.717) is 70.5 Å². The maximum Gasteiger partial charge on any atom is 0.169 e. The number of aromatic nitrogens is 2. The first-order chi connectivity index (χ1) is 37.5. The molecule has 10 nitrogen and oxygen atoms in total. The number of rotatable bonds is 8. The first kappa shape index (κ1) is 47.6. The fraction of sp³-hybridized carbons (Fsp3) is 0.418. The molecule has 9 N–H and O–H groups in total. The Bertz CT molecular complexity index is 3430. The molecule has 2 saturated heterocycles. The first-order valence-electron chi connectivity index (χ1n) is 28.8. The minimum absolute atomic E-state index is 0.00373. The molecule has 394 valence electrons. The Labute approximate surface area is 450 Å². The van der Waals surface area contributed by atoms with Crippen molar-refractivity contribution in [1.82, 2.24) is 20.6 Å². The van der Waals surface area contributed by atoms with Crippen LogP contribution in [-0.2, 0) is 18.3 Å². The van der Waals surface area contributed by atoms with E-state index in [0.717, 1.165) is 31.2 Å². The molecule has 0 amide bonds. The smallest absolute Gasteiger partial charge is 0.169 e. The Morgan fingerprint density at radius 3 is 2.30 bits per heavy atom. The van der Waals surface area contributed by atoms with Crippen LogP contribution in [0.3, 0.4) is 0 Å². The number of piperidine rings is 2. The summed E-state index contributed by atoms with van der Waals surface area (Å²) in [5.41, 5.74) is 6.31. The van der Waals surface area contributed by atoms with Gasteiger partial charge in [0, 0.05) is 58.9 Å². The Morgan fingerprint density at radius 2 is 1.49 bits per heavy atom. The molecule has 4 saturated carbocycles. The predicted octanol–water partition coefficient (Wildman–Crippen LogP) is 11.8. The third-order valence-corrected chi connectivity index (χ3v) is 22.5. The van der Waals surface area contributed by atoms with Crippen molar-refractivity contribution in [2.45, 2.75) is 119 Å². The van der Waals surface area contributed by atoms with Gasteiger partial charge in [-0.05, 0) is 168 Å². The SMILES string of the molecule is Oc1ccc(C=Cc2c(CCc3ccc(C4CC5(CC6C=CC(c7ccccc7)C(C5)N6)C5CC6CCCC67C6C=CC8CCC9C=CC(O)C(C98C6)C7(c6cnc[nH]6)C5N4)cc3)c(O)c(O)c3c(O)cccc23)cc1O. The molecular formula is C67H70N4O6. The number of H-pyrrole nitrogens is 1. The molecule has 5 aromatic carbocycles. The van der Waals surface area contributed by atoms with Crippen LogP contribution in [0, 0.1) is 51.8 Å². The van der Waals surface area contributed by atoms with Gasteiger partial charge in [-0.15, -0.1) is 0 Å². The maximum absolute atomic E-state index is 13.2. The highest BCUT2D eigenvalue weighted by Gasteiger charge is 2.81. The summed E-state index contributed by atoms with van der Waals surface area (Å²) in [5.74, 6) is 1.29. The van der Waals surface area contributed by atoms with Crippen molar-refractivity contribution in [2.75, 3.05) is 0 Å². The summed E-state index contributed by atoms with van der Waals surface area (Å²) in [4.78, 5) is 8.86. The zero-order valence-electron chi connectivity index (χ0n) is 43.5. The zero-order valence-corrected chi connectivity index (χ0v) is 43.5. The standard InChI is InChI=1S/C67H70N4O6/c72-54-27-15-39(30-57(54)75)14-24-48-49-9-4-10-55(73)59(49)61(77)60(76)50(48)25-13-38-11-16-41(17-12-38)52-34-64(33-46-23-26-47(53(35-64)70-46)40-6-2-1-3-7-40)51-31-44-8-5-29-66(44)45-21-20-42-18-19-43-22-28-56(74)62(65(42,43)32-45)67(66,63(51)71-52)58-36-68-37-69-58/h1-4,6-7,9-12,14-17,20-24,26-28,30,36-37,42-47,51-53,56,62-63,70-77H,5,8,13,18-19,25,29,31-35H2,(H,68,69). The number of benzene rings is 5. The van der Waals surface area contributed by atoms with Crippen molar-refractivity contribution in [3.8, 4) is 28.7 Å². The topological polar surface area (TPSA) is 174 Å². The van der Waals surface area contributed by atoms with Crippen LogP contribution >= 0.6 is 0 Å². The number of aromatic hydroxyl groups is 5. The molecule has 4 bridgehead atoms. The molecule has 6 fully saturated rings. The summed E-state index contributed by atoms with van der Waals surface area (Å²) < 4.78 is 0. The van der Waals surface area contributed by atoms with Crippen LogP contribution < -0.4 is 10.6 Å². The summed E-state index contributed by atoms with van der Waals surface area (Å²) in [7, 11) is 0. The fourth-order valence-electron chi connectivity index (χ4n) is 19.9. The Balaban J connectivity index is 0.840. The third kappa shape index (κ3) is 6.67. The van der Waals surface area contributed by atoms with Gasteiger partial charge in [0.2, 0.25) is 0 Å². The molecule has 10 heteroatoms. The van der Waals surface area contributed by atoms with Crippen molar-refractivity contribution >= 4 is 22.9 Å².